The summed E-state index contributed by atoms with van der Waals surface area (Å²) in [6.45, 7) is 3.29. The lowest BCUT2D eigenvalue weighted by molar-refractivity contribution is -0.152. The molecule has 1 saturated heterocycles. The first-order valence-corrected chi connectivity index (χ1v) is 6.71. The first kappa shape index (κ1) is 17.5. The van der Waals surface area contributed by atoms with Gasteiger partial charge in [0.25, 0.3) is 0 Å². The fourth-order valence-corrected chi connectivity index (χ4v) is 2.39. The zero-order valence-electron chi connectivity index (χ0n) is 12.1. The van der Waals surface area contributed by atoms with Gasteiger partial charge in [0.2, 0.25) is 5.91 Å². The van der Waals surface area contributed by atoms with Gasteiger partial charge >= 0.3 is 6.18 Å². The van der Waals surface area contributed by atoms with Crippen LogP contribution in [0.15, 0.2) is 5.16 Å². The molecule has 9 heteroatoms. The van der Waals surface area contributed by atoms with Crippen molar-refractivity contribution in [2.45, 2.75) is 20.0 Å². The second-order valence-corrected chi connectivity index (χ2v) is 5.46. The standard InChI is InChI=1S/C12H21F3N4O2/c1-8(2)9(10(16)17-21)11(20)19-5-3-18(4-6-19)7-12(13,14)15/h8-9,21H,3-7H2,1-2H3,(H2,16,17). The van der Waals surface area contributed by atoms with Crippen molar-refractivity contribution in [2.75, 3.05) is 32.7 Å². The Bertz CT molecular complexity index is 390. The summed E-state index contributed by atoms with van der Waals surface area (Å²) in [7, 11) is 0. The SMILES string of the molecule is CC(C)C(C(=O)N1CCN(CC(F)(F)F)CC1)C(N)=NO. The Balaban J connectivity index is 2.62. The summed E-state index contributed by atoms with van der Waals surface area (Å²) < 4.78 is 36.9. The summed E-state index contributed by atoms with van der Waals surface area (Å²) in [5.74, 6) is -1.41. The molecule has 6 nitrogen and oxygen atoms in total. The zero-order valence-corrected chi connectivity index (χ0v) is 12.1. The largest absolute Gasteiger partial charge is 0.409 e. The van der Waals surface area contributed by atoms with E-state index in [1.807, 2.05) is 0 Å². The number of oxime groups is 1. The molecule has 3 N–H and O–H groups in total. The number of hydrogen-bond acceptors (Lipinski definition) is 4. The van der Waals surface area contributed by atoms with Crippen LogP contribution >= 0.6 is 0 Å². The number of halogens is 3. The predicted molar refractivity (Wildman–Crippen MR) is 70.8 cm³/mol. The molecule has 1 rings (SSSR count). The average molecular weight is 310 g/mol. The highest BCUT2D eigenvalue weighted by Gasteiger charge is 2.35. The van der Waals surface area contributed by atoms with Gasteiger partial charge in [0.05, 0.1) is 6.54 Å². The summed E-state index contributed by atoms with van der Waals surface area (Å²) in [6.07, 6.45) is -4.24. The van der Waals surface area contributed by atoms with Gasteiger partial charge in [-0.25, -0.2) is 0 Å². The molecular weight excluding hydrogens is 289 g/mol. The first-order valence-electron chi connectivity index (χ1n) is 6.71. The molecule has 1 atom stereocenters. The van der Waals surface area contributed by atoms with Crippen molar-refractivity contribution in [2.24, 2.45) is 22.7 Å². The second-order valence-electron chi connectivity index (χ2n) is 5.46. The summed E-state index contributed by atoms with van der Waals surface area (Å²) in [6, 6.07) is 0. The molecule has 0 aromatic heterocycles. The van der Waals surface area contributed by atoms with Crippen molar-refractivity contribution in [3.05, 3.63) is 0 Å². The smallest absolute Gasteiger partial charge is 0.401 e. The molecule has 1 heterocycles. The van der Waals surface area contributed by atoms with Crippen LogP contribution in [-0.4, -0.2) is 65.6 Å². The van der Waals surface area contributed by atoms with E-state index >= 15 is 0 Å². The molecule has 21 heavy (non-hydrogen) atoms. The highest BCUT2D eigenvalue weighted by atomic mass is 19.4. The molecule has 1 amide bonds. The van der Waals surface area contributed by atoms with Gasteiger partial charge in [0.15, 0.2) is 5.84 Å². The minimum atomic E-state index is -4.24. The Labute approximate surface area is 121 Å². The van der Waals surface area contributed by atoms with Gasteiger partial charge in [-0.15, -0.1) is 0 Å². The van der Waals surface area contributed by atoms with Crippen molar-refractivity contribution < 1.29 is 23.2 Å². The molecule has 0 spiro atoms. The maximum absolute atomic E-state index is 12.3. The van der Waals surface area contributed by atoms with E-state index in [1.54, 1.807) is 13.8 Å². The van der Waals surface area contributed by atoms with Crippen LogP contribution in [0.3, 0.4) is 0 Å². The summed E-state index contributed by atoms with van der Waals surface area (Å²) in [5, 5.41) is 11.6. The van der Waals surface area contributed by atoms with Gasteiger partial charge in [-0.2, -0.15) is 13.2 Å². The molecule has 0 aromatic carbocycles. The molecule has 0 saturated carbocycles. The fourth-order valence-electron chi connectivity index (χ4n) is 2.39. The highest BCUT2D eigenvalue weighted by molar-refractivity contribution is 6.02. The lowest BCUT2D eigenvalue weighted by Gasteiger charge is -2.37. The van der Waals surface area contributed by atoms with Crippen molar-refractivity contribution in [3.8, 4) is 0 Å². The van der Waals surface area contributed by atoms with E-state index < -0.39 is 18.6 Å². The number of rotatable bonds is 4. The van der Waals surface area contributed by atoms with E-state index in [0.29, 0.717) is 0 Å². The monoisotopic (exact) mass is 310 g/mol. The molecule has 122 valence electrons. The Morgan fingerprint density at radius 3 is 2.19 bits per heavy atom. The normalized spacial score (nSPS) is 19.9. The van der Waals surface area contributed by atoms with Gasteiger partial charge < -0.3 is 15.8 Å². The number of amidine groups is 1. The molecule has 1 unspecified atom stereocenters. The lowest BCUT2D eigenvalue weighted by atomic mass is 9.93. The molecule has 0 aliphatic carbocycles. The van der Waals surface area contributed by atoms with E-state index in [2.05, 4.69) is 5.16 Å². The van der Waals surface area contributed by atoms with Gasteiger partial charge in [0, 0.05) is 26.2 Å². The maximum Gasteiger partial charge on any atom is 0.401 e. The summed E-state index contributed by atoms with van der Waals surface area (Å²) in [4.78, 5) is 15.1. The highest BCUT2D eigenvalue weighted by Crippen LogP contribution is 2.19. The number of nitrogens with zero attached hydrogens (tertiary/aromatic N) is 3. The number of piperazine rings is 1. The number of carbonyl (C=O) groups is 1. The van der Waals surface area contributed by atoms with Crippen molar-refractivity contribution in [1.29, 1.82) is 0 Å². The topological polar surface area (TPSA) is 82.2 Å². The van der Waals surface area contributed by atoms with Crippen molar-refractivity contribution >= 4 is 11.7 Å². The van der Waals surface area contributed by atoms with Crippen LogP contribution in [0, 0.1) is 11.8 Å². The van der Waals surface area contributed by atoms with E-state index in [0.717, 1.165) is 0 Å². The van der Waals surface area contributed by atoms with Crippen LogP contribution in [-0.2, 0) is 4.79 Å². The minimum Gasteiger partial charge on any atom is -0.409 e. The predicted octanol–water partition coefficient (Wildman–Crippen LogP) is 0.712. The molecule has 1 aliphatic rings. The van der Waals surface area contributed by atoms with E-state index in [4.69, 9.17) is 10.9 Å². The van der Waals surface area contributed by atoms with E-state index in [9.17, 15) is 18.0 Å². The van der Waals surface area contributed by atoms with Crippen LogP contribution in [0.5, 0.6) is 0 Å². The van der Waals surface area contributed by atoms with Crippen molar-refractivity contribution in [1.82, 2.24) is 9.80 Å². The molecule has 0 aromatic rings. The third-order valence-corrected chi connectivity index (χ3v) is 3.45. The first-order chi connectivity index (χ1) is 9.65. The second kappa shape index (κ2) is 6.97. The molecule has 1 aliphatic heterocycles. The third-order valence-electron chi connectivity index (χ3n) is 3.45. The average Bonchev–Trinajstić information content (AvgIpc) is 2.37. The Morgan fingerprint density at radius 1 is 1.29 bits per heavy atom. The molecular formula is C12H21F3N4O2. The zero-order chi connectivity index (χ0) is 16.2. The van der Waals surface area contributed by atoms with Gasteiger partial charge in [-0.1, -0.05) is 19.0 Å². The summed E-state index contributed by atoms with van der Waals surface area (Å²) >= 11 is 0. The van der Waals surface area contributed by atoms with Crippen LogP contribution in [0.25, 0.3) is 0 Å². The number of hydrogen-bond donors (Lipinski definition) is 2. The van der Waals surface area contributed by atoms with Gasteiger partial charge in [0.1, 0.15) is 5.92 Å². The Kier molecular flexibility index (Phi) is 5.82. The minimum absolute atomic E-state index is 0.159. The van der Waals surface area contributed by atoms with Crippen LogP contribution in [0.4, 0.5) is 13.2 Å². The quantitative estimate of drug-likeness (QED) is 0.347. The Hall–Kier alpha value is -1.51. The number of nitrogens with two attached hydrogens (primary N) is 1. The molecule has 1 fully saturated rings. The molecule has 0 bridgehead atoms. The number of carbonyl (C=O) groups excluding carboxylic acids is 1. The Morgan fingerprint density at radius 2 is 1.81 bits per heavy atom. The van der Waals surface area contributed by atoms with E-state index in [1.165, 1.54) is 9.80 Å². The van der Waals surface area contributed by atoms with Gasteiger partial charge in [-0.05, 0) is 5.92 Å². The number of amides is 1. The lowest BCUT2D eigenvalue weighted by Crippen LogP contribution is -2.54. The van der Waals surface area contributed by atoms with Crippen LogP contribution in [0.1, 0.15) is 13.8 Å². The fraction of sp³-hybridized carbons (Fsp3) is 0.833. The third kappa shape index (κ3) is 5.07. The van der Waals surface area contributed by atoms with E-state index in [-0.39, 0.29) is 43.8 Å². The number of alkyl halides is 3. The molecule has 0 radical (unpaired) electrons. The van der Waals surface area contributed by atoms with Crippen LogP contribution in [0.2, 0.25) is 0 Å². The van der Waals surface area contributed by atoms with Crippen molar-refractivity contribution in [3.63, 3.8) is 0 Å². The maximum atomic E-state index is 12.3. The van der Waals surface area contributed by atoms with Crippen LogP contribution < -0.4 is 5.73 Å². The van der Waals surface area contributed by atoms with Gasteiger partial charge in [-0.3, -0.25) is 9.69 Å². The summed E-state index contributed by atoms with van der Waals surface area (Å²) in [5.41, 5.74) is 5.53.